The number of carboxylic acid groups (broad SMARTS) is 1. The third-order valence-electron chi connectivity index (χ3n) is 5.63. The van der Waals surface area contributed by atoms with Crippen LogP contribution in [-0.4, -0.2) is 38.6 Å². The van der Waals surface area contributed by atoms with Gasteiger partial charge >= 0.3 is 12.3 Å². The zero-order valence-corrected chi connectivity index (χ0v) is 19.0. The molecular weight excluding hydrogens is 488 g/mol. The standard InChI is InChI=1S/C23H20F4N4O5/c1-12-9-17(29-13(2)18(12)35-11-22(5-6-22)21(33)34)31-8-7-28-19(20(31)32)30-16-4-3-14(10-15(16)24)36-23(25,26)27/h3-4,7-10H,5-6,11H2,1-2H3,(H,28,30)(H,33,34). The second kappa shape index (κ2) is 9.13. The van der Waals surface area contributed by atoms with Gasteiger partial charge in [-0.05, 0) is 50.5 Å². The topological polar surface area (TPSA) is 116 Å². The van der Waals surface area contributed by atoms with Crippen LogP contribution in [-0.2, 0) is 4.79 Å². The highest BCUT2D eigenvalue weighted by molar-refractivity contribution is 5.78. The van der Waals surface area contributed by atoms with Gasteiger partial charge in [0.1, 0.15) is 35.2 Å². The van der Waals surface area contributed by atoms with Gasteiger partial charge in [0.15, 0.2) is 5.82 Å². The van der Waals surface area contributed by atoms with Gasteiger partial charge in [-0.3, -0.25) is 14.2 Å². The maximum atomic E-state index is 14.3. The van der Waals surface area contributed by atoms with Crippen molar-refractivity contribution < 1.29 is 36.9 Å². The van der Waals surface area contributed by atoms with E-state index in [1.54, 1.807) is 19.9 Å². The van der Waals surface area contributed by atoms with Crippen molar-refractivity contribution in [1.29, 1.82) is 0 Å². The second-order valence-corrected chi connectivity index (χ2v) is 8.35. The molecule has 2 N–H and O–H groups in total. The maximum absolute atomic E-state index is 14.3. The van der Waals surface area contributed by atoms with Crippen molar-refractivity contribution in [3.63, 3.8) is 0 Å². The third kappa shape index (κ3) is 5.24. The fourth-order valence-electron chi connectivity index (χ4n) is 3.52. The SMILES string of the molecule is Cc1cc(-n2ccnc(Nc3ccc(OC(F)(F)F)cc3F)c2=O)nc(C)c1OCC1(C(=O)O)CC1. The molecule has 0 atom stereocenters. The number of aryl methyl sites for hydroxylation is 2. The highest BCUT2D eigenvalue weighted by atomic mass is 19.4. The first-order valence-electron chi connectivity index (χ1n) is 10.6. The first kappa shape index (κ1) is 24.9. The molecule has 0 saturated heterocycles. The van der Waals surface area contributed by atoms with Gasteiger partial charge in [-0.1, -0.05) is 0 Å². The van der Waals surface area contributed by atoms with Crippen molar-refractivity contribution in [2.45, 2.75) is 33.1 Å². The van der Waals surface area contributed by atoms with E-state index in [0.29, 0.717) is 35.9 Å². The summed E-state index contributed by atoms with van der Waals surface area (Å²) in [6.07, 6.45) is -1.30. The number of aromatic nitrogens is 3. The van der Waals surface area contributed by atoms with E-state index < -0.39 is 34.9 Å². The van der Waals surface area contributed by atoms with Gasteiger partial charge in [-0.2, -0.15) is 0 Å². The summed E-state index contributed by atoms with van der Waals surface area (Å²) in [5, 5.41) is 11.8. The van der Waals surface area contributed by atoms with Crippen LogP contribution in [0.3, 0.4) is 0 Å². The molecule has 1 saturated carbocycles. The first-order valence-corrected chi connectivity index (χ1v) is 10.6. The minimum atomic E-state index is -4.98. The number of hydrogen-bond donors (Lipinski definition) is 2. The number of nitrogens with one attached hydrogen (secondary N) is 1. The Labute approximate surface area is 201 Å². The van der Waals surface area contributed by atoms with E-state index in [2.05, 4.69) is 20.0 Å². The van der Waals surface area contributed by atoms with E-state index in [9.17, 15) is 32.3 Å². The number of aliphatic carboxylic acids is 1. The van der Waals surface area contributed by atoms with Crippen LogP contribution in [0.5, 0.6) is 11.5 Å². The lowest BCUT2D eigenvalue weighted by Crippen LogP contribution is -2.24. The zero-order valence-electron chi connectivity index (χ0n) is 19.0. The molecule has 0 unspecified atom stereocenters. The predicted molar refractivity (Wildman–Crippen MR) is 118 cm³/mol. The van der Waals surface area contributed by atoms with Crippen LogP contribution in [0.2, 0.25) is 0 Å². The number of carbonyl (C=O) groups is 1. The van der Waals surface area contributed by atoms with Crippen LogP contribution < -0.4 is 20.3 Å². The van der Waals surface area contributed by atoms with Crippen molar-refractivity contribution in [3.8, 4) is 17.3 Å². The number of alkyl halides is 3. The Morgan fingerprint density at radius 2 is 1.97 bits per heavy atom. The van der Waals surface area contributed by atoms with Gasteiger partial charge < -0.3 is 19.9 Å². The van der Waals surface area contributed by atoms with E-state index in [4.69, 9.17) is 4.74 Å². The van der Waals surface area contributed by atoms with Gasteiger partial charge in [0.25, 0.3) is 5.56 Å². The summed E-state index contributed by atoms with van der Waals surface area (Å²) in [5.74, 6) is -2.43. The first-order chi connectivity index (χ1) is 16.9. The number of carboxylic acids is 1. The van der Waals surface area contributed by atoms with Crippen LogP contribution in [0.25, 0.3) is 5.82 Å². The zero-order chi connectivity index (χ0) is 26.3. The average molecular weight is 508 g/mol. The molecule has 2 aromatic heterocycles. The number of pyridine rings is 1. The number of hydrogen-bond acceptors (Lipinski definition) is 7. The van der Waals surface area contributed by atoms with E-state index >= 15 is 0 Å². The molecule has 1 aromatic carbocycles. The third-order valence-corrected chi connectivity index (χ3v) is 5.63. The molecule has 1 fully saturated rings. The highest BCUT2D eigenvalue weighted by Crippen LogP contribution is 2.46. The Bertz CT molecular complexity index is 1360. The Balaban J connectivity index is 1.57. The van der Waals surface area contributed by atoms with E-state index in [1.807, 2.05) is 0 Å². The summed E-state index contributed by atoms with van der Waals surface area (Å²) < 4.78 is 61.9. The van der Waals surface area contributed by atoms with Gasteiger partial charge in [0.2, 0.25) is 0 Å². The molecule has 36 heavy (non-hydrogen) atoms. The van der Waals surface area contributed by atoms with Gasteiger partial charge in [0.05, 0.1) is 11.4 Å². The normalized spacial score (nSPS) is 14.3. The molecule has 4 rings (SSSR count). The smallest absolute Gasteiger partial charge is 0.490 e. The number of rotatable bonds is 8. The van der Waals surface area contributed by atoms with Crippen LogP contribution in [0.4, 0.5) is 29.1 Å². The Hall–Kier alpha value is -4.16. The molecule has 1 aliphatic carbocycles. The summed E-state index contributed by atoms with van der Waals surface area (Å²) >= 11 is 0. The molecule has 9 nitrogen and oxygen atoms in total. The van der Waals surface area contributed by atoms with Crippen molar-refractivity contribution in [2.24, 2.45) is 5.41 Å². The molecule has 0 radical (unpaired) electrons. The molecule has 1 aliphatic rings. The van der Waals surface area contributed by atoms with Gasteiger partial charge in [-0.15, -0.1) is 13.2 Å². The summed E-state index contributed by atoms with van der Waals surface area (Å²) in [6, 6.07) is 3.97. The highest BCUT2D eigenvalue weighted by Gasteiger charge is 2.51. The molecule has 0 spiro atoms. The molecule has 0 amide bonds. The number of halogens is 4. The summed E-state index contributed by atoms with van der Waals surface area (Å²) in [4.78, 5) is 32.7. The maximum Gasteiger partial charge on any atom is 0.573 e. The fourth-order valence-corrected chi connectivity index (χ4v) is 3.52. The Morgan fingerprint density at radius 1 is 1.25 bits per heavy atom. The molecular formula is C23H20F4N4O5. The van der Waals surface area contributed by atoms with E-state index in [1.165, 1.54) is 12.4 Å². The minimum Gasteiger partial charge on any atom is -0.490 e. The van der Waals surface area contributed by atoms with E-state index in [-0.39, 0.29) is 23.9 Å². The Morgan fingerprint density at radius 3 is 2.56 bits per heavy atom. The van der Waals surface area contributed by atoms with Gasteiger partial charge in [0, 0.05) is 18.5 Å². The van der Waals surface area contributed by atoms with Crippen LogP contribution in [0, 0.1) is 25.1 Å². The molecule has 2 heterocycles. The van der Waals surface area contributed by atoms with Crippen LogP contribution >= 0.6 is 0 Å². The van der Waals surface area contributed by atoms with Crippen molar-refractivity contribution in [1.82, 2.24) is 14.5 Å². The number of benzene rings is 1. The minimum absolute atomic E-state index is 0.00663. The largest absolute Gasteiger partial charge is 0.573 e. The summed E-state index contributed by atoms with van der Waals surface area (Å²) in [7, 11) is 0. The van der Waals surface area contributed by atoms with Gasteiger partial charge in [-0.25, -0.2) is 14.4 Å². The fraction of sp³-hybridized carbons (Fsp3) is 0.304. The molecule has 3 aromatic rings. The summed E-state index contributed by atoms with van der Waals surface area (Å²) in [5.41, 5.74) is -0.829. The predicted octanol–water partition coefficient (Wildman–Crippen LogP) is 4.27. The molecule has 190 valence electrons. The van der Waals surface area contributed by atoms with Crippen molar-refractivity contribution in [3.05, 3.63) is 64.1 Å². The average Bonchev–Trinajstić information content (AvgIpc) is 3.56. The molecule has 0 bridgehead atoms. The van der Waals surface area contributed by atoms with Crippen molar-refractivity contribution in [2.75, 3.05) is 11.9 Å². The quantitative estimate of drug-likeness (QED) is 0.434. The number of ether oxygens (including phenoxy) is 2. The lowest BCUT2D eigenvalue weighted by atomic mass is 10.1. The Kier molecular flexibility index (Phi) is 6.33. The van der Waals surface area contributed by atoms with Crippen LogP contribution in [0.1, 0.15) is 24.1 Å². The summed E-state index contributed by atoms with van der Waals surface area (Å²) in [6.45, 7) is 3.38. The number of anilines is 2. The van der Waals surface area contributed by atoms with Crippen molar-refractivity contribution >= 4 is 17.5 Å². The number of nitrogens with zero attached hydrogens (tertiary/aromatic N) is 3. The second-order valence-electron chi connectivity index (χ2n) is 8.35. The lowest BCUT2D eigenvalue weighted by Gasteiger charge is -2.17. The molecule has 13 heteroatoms. The lowest BCUT2D eigenvalue weighted by molar-refractivity contribution is -0.274. The van der Waals surface area contributed by atoms with Crippen LogP contribution in [0.15, 0.2) is 41.5 Å². The monoisotopic (exact) mass is 508 g/mol. The van der Waals surface area contributed by atoms with E-state index in [0.717, 1.165) is 16.7 Å². The molecule has 0 aliphatic heterocycles.